The van der Waals surface area contributed by atoms with E-state index in [1.54, 1.807) is 6.07 Å². The first-order valence-electron chi connectivity index (χ1n) is 9.37. The van der Waals surface area contributed by atoms with Gasteiger partial charge in [0, 0.05) is 21.4 Å². The lowest BCUT2D eigenvalue weighted by Gasteiger charge is -2.37. The molecule has 0 atom stereocenters. The normalized spacial score (nSPS) is 20.3. The van der Waals surface area contributed by atoms with Crippen molar-refractivity contribution in [3.05, 3.63) is 33.1 Å². The number of thiol groups is 1. The predicted molar refractivity (Wildman–Crippen MR) is 114 cm³/mol. The van der Waals surface area contributed by atoms with Crippen molar-refractivity contribution in [2.75, 3.05) is 32.7 Å². The van der Waals surface area contributed by atoms with Crippen molar-refractivity contribution in [3.63, 3.8) is 0 Å². The second-order valence-electron chi connectivity index (χ2n) is 7.26. The zero-order chi connectivity index (χ0) is 18.5. The van der Waals surface area contributed by atoms with Crippen LogP contribution in [0.5, 0.6) is 0 Å². The number of benzene rings is 1. The number of nitrogens with one attached hydrogen (secondary N) is 1. The highest BCUT2D eigenvalue weighted by Crippen LogP contribution is 2.20. The van der Waals surface area contributed by atoms with Crippen LogP contribution in [0.4, 0.5) is 4.39 Å². The molecule has 1 amide bonds. The van der Waals surface area contributed by atoms with Crippen LogP contribution in [-0.4, -0.2) is 59.7 Å². The quantitative estimate of drug-likeness (QED) is 0.492. The van der Waals surface area contributed by atoms with Crippen LogP contribution in [0.15, 0.2) is 18.2 Å². The highest BCUT2D eigenvalue weighted by molar-refractivity contribution is 14.1. The van der Waals surface area contributed by atoms with Crippen molar-refractivity contribution in [1.29, 1.82) is 0 Å². The molecule has 0 saturated carbocycles. The Morgan fingerprint density at radius 3 is 2.62 bits per heavy atom. The maximum Gasteiger partial charge on any atom is 0.237 e. The Labute approximate surface area is 174 Å². The number of nitrogens with zero attached hydrogens (tertiary/aromatic N) is 2. The highest BCUT2D eigenvalue weighted by atomic mass is 127. The van der Waals surface area contributed by atoms with Crippen molar-refractivity contribution in [2.45, 2.75) is 43.5 Å². The molecule has 0 radical (unpaired) electrons. The van der Waals surface area contributed by atoms with Gasteiger partial charge in [0.15, 0.2) is 0 Å². The van der Waals surface area contributed by atoms with Gasteiger partial charge in [-0.05, 0) is 92.1 Å². The number of hydrogen-bond donors (Lipinski definition) is 2. The molecule has 0 spiro atoms. The summed E-state index contributed by atoms with van der Waals surface area (Å²) >= 11 is 6.55. The molecule has 144 valence electrons. The molecule has 2 fully saturated rings. The largest absolute Gasteiger partial charge is 0.334 e. The van der Waals surface area contributed by atoms with Crippen LogP contribution in [0.2, 0.25) is 0 Å². The fourth-order valence-corrected chi connectivity index (χ4v) is 4.54. The Kier molecular flexibility index (Phi) is 7.60. The number of likely N-dealkylation sites (tertiary alicyclic amines) is 1. The number of carbonyl (C=O) groups excluding carboxylic acids is 1. The van der Waals surface area contributed by atoms with Gasteiger partial charge < -0.3 is 10.2 Å². The summed E-state index contributed by atoms with van der Waals surface area (Å²) < 4.78 is 14.2. The summed E-state index contributed by atoms with van der Waals surface area (Å²) in [6.07, 6.45) is 4.03. The van der Waals surface area contributed by atoms with Crippen LogP contribution in [0, 0.1) is 9.39 Å². The third-order valence-corrected chi connectivity index (χ3v) is 6.67. The second kappa shape index (κ2) is 9.71. The lowest BCUT2D eigenvalue weighted by molar-refractivity contribution is -0.136. The van der Waals surface area contributed by atoms with E-state index in [0.29, 0.717) is 21.9 Å². The number of halogens is 2. The Bertz CT molecular complexity index is 619. The summed E-state index contributed by atoms with van der Waals surface area (Å²) in [5, 5.41) is 3.83. The van der Waals surface area contributed by atoms with E-state index in [2.05, 4.69) is 22.8 Å². The monoisotopic (exact) mass is 491 g/mol. The molecule has 2 aliphatic rings. The highest BCUT2D eigenvalue weighted by Gasteiger charge is 2.28. The molecular weight excluding hydrogens is 464 g/mol. The number of hydrogen-bond acceptors (Lipinski definition) is 4. The van der Waals surface area contributed by atoms with Gasteiger partial charge in [-0.3, -0.25) is 9.69 Å². The molecule has 1 aromatic carbocycles. The van der Waals surface area contributed by atoms with E-state index in [1.165, 1.54) is 6.07 Å². The molecule has 0 aromatic heterocycles. The van der Waals surface area contributed by atoms with Crippen LogP contribution < -0.4 is 5.32 Å². The van der Waals surface area contributed by atoms with Crippen LogP contribution in [-0.2, 0) is 11.3 Å². The molecular formula is C19H27FIN3OS. The minimum Gasteiger partial charge on any atom is -0.334 e. The summed E-state index contributed by atoms with van der Waals surface area (Å²) in [6.45, 7) is 4.80. The summed E-state index contributed by atoms with van der Waals surface area (Å²) in [4.78, 5) is 17.4. The van der Waals surface area contributed by atoms with Gasteiger partial charge in [0.25, 0.3) is 0 Å². The van der Waals surface area contributed by atoms with Gasteiger partial charge in [-0.1, -0.05) is 6.07 Å². The zero-order valence-corrected chi connectivity index (χ0v) is 18.0. The minimum absolute atomic E-state index is 0.189. The van der Waals surface area contributed by atoms with Crippen LogP contribution >= 0.6 is 35.2 Å². The molecule has 4 nitrogen and oxygen atoms in total. The molecule has 1 aromatic rings. The molecule has 0 aliphatic carbocycles. The molecule has 1 N–H and O–H groups in total. The number of rotatable bonds is 5. The Hall–Kier alpha value is -0.380. The van der Waals surface area contributed by atoms with E-state index >= 15 is 0 Å². The fraction of sp³-hybridized carbons (Fsp3) is 0.632. The van der Waals surface area contributed by atoms with Gasteiger partial charge in [0.05, 0.1) is 6.54 Å². The summed E-state index contributed by atoms with van der Waals surface area (Å²) in [5.74, 6) is -0.0161. The third-order valence-electron chi connectivity index (χ3n) is 5.32. The lowest BCUT2D eigenvalue weighted by Crippen LogP contribution is -2.50. The van der Waals surface area contributed by atoms with Crippen molar-refractivity contribution in [3.8, 4) is 0 Å². The van der Waals surface area contributed by atoms with Crippen LogP contribution in [0.3, 0.4) is 0 Å². The van der Waals surface area contributed by atoms with Crippen molar-refractivity contribution in [1.82, 2.24) is 15.1 Å². The van der Waals surface area contributed by atoms with E-state index < -0.39 is 0 Å². The van der Waals surface area contributed by atoms with Gasteiger partial charge in [-0.2, -0.15) is 12.6 Å². The first-order chi connectivity index (χ1) is 12.5. The van der Waals surface area contributed by atoms with E-state index in [9.17, 15) is 9.18 Å². The summed E-state index contributed by atoms with van der Waals surface area (Å²) in [6, 6.07) is 5.41. The third kappa shape index (κ3) is 5.56. The van der Waals surface area contributed by atoms with Crippen LogP contribution in [0.25, 0.3) is 0 Å². The first kappa shape index (κ1) is 20.4. The molecule has 2 heterocycles. The van der Waals surface area contributed by atoms with Crippen molar-refractivity contribution in [2.24, 2.45) is 0 Å². The number of amides is 1. The lowest BCUT2D eigenvalue weighted by atomic mass is 10.0. The Balaban J connectivity index is 1.69. The second-order valence-corrected chi connectivity index (χ2v) is 9.15. The summed E-state index contributed by atoms with van der Waals surface area (Å²) in [7, 11) is 0. The molecule has 2 saturated heterocycles. The minimum atomic E-state index is -0.205. The molecule has 26 heavy (non-hydrogen) atoms. The average molecular weight is 491 g/mol. The van der Waals surface area contributed by atoms with Crippen LogP contribution in [0.1, 0.15) is 31.2 Å². The van der Waals surface area contributed by atoms with Crippen molar-refractivity contribution >= 4 is 41.1 Å². The maximum absolute atomic E-state index is 13.6. The van der Waals surface area contributed by atoms with Gasteiger partial charge in [0.1, 0.15) is 5.82 Å². The fourth-order valence-electron chi connectivity index (χ4n) is 3.73. The van der Waals surface area contributed by atoms with E-state index in [-0.39, 0.29) is 17.8 Å². The molecule has 0 unspecified atom stereocenters. The van der Waals surface area contributed by atoms with E-state index in [4.69, 9.17) is 0 Å². The number of piperidine rings is 2. The van der Waals surface area contributed by atoms with Crippen molar-refractivity contribution < 1.29 is 9.18 Å². The molecule has 2 aliphatic heterocycles. The van der Waals surface area contributed by atoms with Gasteiger partial charge in [-0.25, -0.2) is 4.39 Å². The Morgan fingerprint density at radius 2 is 1.96 bits per heavy atom. The molecule has 7 heteroatoms. The molecule has 0 bridgehead atoms. The predicted octanol–water partition coefficient (Wildman–Crippen LogP) is 2.91. The van der Waals surface area contributed by atoms with Gasteiger partial charge >= 0.3 is 0 Å². The zero-order valence-electron chi connectivity index (χ0n) is 15.0. The Morgan fingerprint density at radius 1 is 1.27 bits per heavy atom. The molecule has 3 rings (SSSR count). The maximum atomic E-state index is 13.6. The van der Waals surface area contributed by atoms with Gasteiger partial charge in [-0.15, -0.1) is 0 Å². The first-order valence-corrected chi connectivity index (χ1v) is 11.0. The standard InChI is InChI=1S/C19H27FIN3OS/c20-17-2-1-14(11-18(17)21)12-24(15-3-7-22-8-4-15)19(25)13-23-9-5-16(26)6-10-23/h1-2,11,15-16,22,26H,3-10,12-13H2. The topological polar surface area (TPSA) is 35.6 Å². The average Bonchev–Trinajstić information content (AvgIpc) is 2.65. The number of carbonyl (C=O) groups is 1. The smallest absolute Gasteiger partial charge is 0.237 e. The van der Waals surface area contributed by atoms with Gasteiger partial charge in [0.2, 0.25) is 5.91 Å². The summed E-state index contributed by atoms with van der Waals surface area (Å²) in [5.41, 5.74) is 0.997. The SMILES string of the molecule is O=C(CN1CCC(S)CC1)N(Cc1ccc(F)c(I)c1)C1CCNCC1. The van der Waals surface area contributed by atoms with E-state index in [0.717, 1.165) is 57.4 Å². The van der Waals surface area contributed by atoms with E-state index in [1.807, 2.05) is 33.6 Å².